The summed E-state index contributed by atoms with van der Waals surface area (Å²) in [4.78, 5) is 17.5. The molecule has 0 spiro atoms. The van der Waals surface area contributed by atoms with E-state index in [1.54, 1.807) is 18.2 Å². The second-order valence-corrected chi connectivity index (χ2v) is 10.1. The van der Waals surface area contributed by atoms with Gasteiger partial charge in [-0.25, -0.2) is 4.99 Å². The first-order valence-electron chi connectivity index (χ1n) is 11.5. The van der Waals surface area contributed by atoms with Crippen molar-refractivity contribution in [3.05, 3.63) is 111 Å². The van der Waals surface area contributed by atoms with Crippen LogP contribution in [0.15, 0.2) is 88.8 Å². The van der Waals surface area contributed by atoms with E-state index in [1.807, 2.05) is 42.5 Å². The number of hydrogen-bond acceptors (Lipinski definition) is 4. The first-order chi connectivity index (χ1) is 17.5. The molecule has 5 rings (SSSR count). The molecule has 1 amide bonds. The fourth-order valence-electron chi connectivity index (χ4n) is 3.84. The monoisotopic (exact) mass is 532 g/mol. The van der Waals surface area contributed by atoms with E-state index in [-0.39, 0.29) is 5.91 Å². The highest BCUT2D eigenvalue weighted by Crippen LogP contribution is 2.37. The molecular formula is C29H22Cl2N2O2S. The van der Waals surface area contributed by atoms with Crippen molar-refractivity contribution in [1.29, 1.82) is 0 Å². The molecule has 4 aromatic rings. The fraction of sp³-hybridized carbons (Fsp3) is 0.103. The third kappa shape index (κ3) is 5.59. The van der Waals surface area contributed by atoms with E-state index in [0.717, 1.165) is 23.1 Å². The predicted octanol–water partition coefficient (Wildman–Crippen LogP) is 8.18. The molecule has 0 atom stereocenters. The van der Waals surface area contributed by atoms with Gasteiger partial charge in [-0.1, -0.05) is 78.7 Å². The van der Waals surface area contributed by atoms with Crippen LogP contribution >= 0.6 is 35.0 Å². The van der Waals surface area contributed by atoms with Crippen molar-refractivity contribution >= 4 is 68.6 Å². The molecule has 0 bridgehead atoms. The summed E-state index contributed by atoms with van der Waals surface area (Å²) in [6.45, 7) is 2.44. The largest absolute Gasteiger partial charge is 0.486 e. The number of benzene rings is 4. The van der Waals surface area contributed by atoms with E-state index in [0.29, 0.717) is 38.0 Å². The zero-order valence-corrected chi connectivity index (χ0v) is 21.8. The molecule has 4 nitrogen and oxygen atoms in total. The van der Waals surface area contributed by atoms with E-state index in [1.165, 1.54) is 22.7 Å². The number of carbonyl (C=O) groups is 1. The highest BCUT2D eigenvalue weighted by atomic mass is 35.5. The minimum Gasteiger partial charge on any atom is -0.486 e. The summed E-state index contributed by atoms with van der Waals surface area (Å²) in [5, 5.41) is 6.41. The number of aliphatic imine (C=N–C) groups is 1. The lowest BCUT2D eigenvalue weighted by Gasteiger charge is -2.12. The summed E-state index contributed by atoms with van der Waals surface area (Å²) >= 11 is 14.3. The Morgan fingerprint density at radius 1 is 0.917 bits per heavy atom. The Balaban J connectivity index is 1.30. The summed E-state index contributed by atoms with van der Waals surface area (Å²) in [5.74, 6) is 0.197. The van der Waals surface area contributed by atoms with Crippen molar-refractivity contribution in [2.75, 3.05) is 0 Å². The van der Waals surface area contributed by atoms with Crippen molar-refractivity contribution in [2.45, 2.75) is 20.0 Å². The van der Waals surface area contributed by atoms with Crippen molar-refractivity contribution in [3.8, 4) is 5.75 Å². The fourth-order valence-corrected chi connectivity index (χ4v) is 5.29. The standard InChI is InChI=1S/C29H22Cl2N2O2S/c1-2-18-8-11-23(12-9-18)32-29-33-28(34)26(36-29)16-20-14-24(30)27(25(31)15-20)35-17-19-7-10-21-5-3-4-6-22(21)13-19/h3-16H,2,17H2,1H3,(H,32,33,34)/b26-16-. The maximum atomic E-state index is 12.5. The molecule has 7 heteroatoms. The van der Waals surface area contributed by atoms with Crippen molar-refractivity contribution in [2.24, 2.45) is 4.99 Å². The summed E-state index contributed by atoms with van der Waals surface area (Å²) < 4.78 is 5.96. The number of nitrogens with one attached hydrogen (secondary N) is 1. The molecule has 36 heavy (non-hydrogen) atoms. The van der Waals surface area contributed by atoms with Gasteiger partial charge in [0, 0.05) is 0 Å². The second kappa shape index (κ2) is 10.8. The van der Waals surface area contributed by atoms with Crippen LogP contribution in [0.25, 0.3) is 16.8 Å². The van der Waals surface area contributed by atoms with Crippen LogP contribution in [-0.4, -0.2) is 11.1 Å². The number of halogens is 2. The first-order valence-corrected chi connectivity index (χ1v) is 13.0. The Morgan fingerprint density at radius 3 is 2.33 bits per heavy atom. The van der Waals surface area contributed by atoms with E-state index < -0.39 is 0 Å². The number of thioether (sulfide) groups is 1. The predicted molar refractivity (Wildman–Crippen MR) is 151 cm³/mol. The van der Waals surface area contributed by atoms with Gasteiger partial charge < -0.3 is 10.1 Å². The Bertz CT molecular complexity index is 1490. The van der Waals surface area contributed by atoms with Gasteiger partial charge in [0.25, 0.3) is 5.91 Å². The van der Waals surface area contributed by atoms with E-state index in [4.69, 9.17) is 27.9 Å². The molecule has 1 saturated heterocycles. The van der Waals surface area contributed by atoms with Crippen LogP contribution < -0.4 is 10.1 Å². The minimum atomic E-state index is -0.215. The smallest absolute Gasteiger partial charge is 0.264 e. The zero-order chi connectivity index (χ0) is 25.1. The summed E-state index contributed by atoms with van der Waals surface area (Å²) in [7, 11) is 0. The number of carbonyl (C=O) groups excluding carboxylic acids is 1. The minimum absolute atomic E-state index is 0.215. The molecule has 0 radical (unpaired) electrons. The van der Waals surface area contributed by atoms with Crippen LogP contribution in [0.3, 0.4) is 0 Å². The number of ether oxygens (including phenoxy) is 1. The second-order valence-electron chi connectivity index (χ2n) is 8.29. The van der Waals surface area contributed by atoms with Crippen LogP contribution in [0, 0.1) is 0 Å². The average molecular weight is 533 g/mol. The number of amides is 1. The van der Waals surface area contributed by atoms with Crippen LogP contribution in [0.1, 0.15) is 23.6 Å². The Morgan fingerprint density at radius 2 is 1.61 bits per heavy atom. The quantitative estimate of drug-likeness (QED) is 0.254. The molecule has 1 aliphatic heterocycles. The van der Waals surface area contributed by atoms with Gasteiger partial charge in [0.15, 0.2) is 10.9 Å². The maximum Gasteiger partial charge on any atom is 0.264 e. The number of hydrogen-bond donors (Lipinski definition) is 1. The lowest BCUT2D eigenvalue weighted by atomic mass is 10.1. The van der Waals surface area contributed by atoms with Crippen LogP contribution in [0.4, 0.5) is 5.69 Å². The Kier molecular flexibility index (Phi) is 7.33. The Labute approximate surface area is 224 Å². The molecule has 0 saturated carbocycles. The summed E-state index contributed by atoms with van der Waals surface area (Å²) in [6.07, 6.45) is 2.71. The van der Waals surface area contributed by atoms with E-state index in [9.17, 15) is 4.79 Å². The highest BCUT2D eigenvalue weighted by molar-refractivity contribution is 8.18. The van der Waals surface area contributed by atoms with Gasteiger partial charge in [0.05, 0.1) is 20.6 Å². The van der Waals surface area contributed by atoms with Gasteiger partial charge in [0.2, 0.25) is 0 Å². The normalized spacial score (nSPS) is 15.6. The molecule has 1 heterocycles. The highest BCUT2D eigenvalue weighted by Gasteiger charge is 2.24. The molecule has 1 aliphatic rings. The first kappa shape index (κ1) is 24.4. The molecule has 4 aromatic carbocycles. The number of rotatable bonds is 6. The van der Waals surface area contributed by atoms with Gasteiger partial charge in [-0.05, 0) is 82.1 Å². The maximum absolute atomic E-state index is 12.5. The van der Waals surface area contributed by atoms with Crippen molar-refractivity contribution < 1.29 is 9.53 Å². The van der Waals surface area contributed by atoms with Crippen LogP contribution in [-0.2, 0) is 17.8 Å². The molecule has 1 fully saturated rings. The van der Waals surface area contributed by atoms with Gasteiger partial charge in [0.1, 0.15) is 6.61 Å². The average Bonchev–Trinajstić information content (AvgIpc) is 3.22. The van der Waals surface area contributed by atoms with Gasteiger partial charge in [-0.3, -0.25) is 4.79 Å². The third-order valence-electron chi connectivity index (χ3n) is 5.74. The van der Waals surface area contributed by atoms with E-state index in [2.05, 4.69) is 41.5 Å². The zero-order valence-electron chi connectivity index (χ0n) is 19.4. The molecule has 0 aliphatic carbocycles. The van der Waals surface area contributed by atoms with E-state index >= 15 is 0 Å². The third-order valence-corrected chi connectivity index (χ3v) is 7.21. The number of aryl methyl sites for hydroxylation is 1. The van der Waals surface area contributed by atoms with Gasteiger partial charge in [-0.2, -0.15) is 0 Å². The van der Waals surface area contributed by atoms with Gasteiger partial charge in [-0.15, -0.1) is 0 Å². The summed E-state index contributed by atoms with van der Waals surface area (Å²) in [5.41, 5.74) is 3.74. The van der Waals surface area contributed by atoms with Gasteiger partial charge >= 0.3 is 0 Å². The van der Waals surface area contributed by atoms with Crippen molar-refractivity contribution in [1.82, 2.24) is 5.32 Å². The Hall–Kier alpha value is -3.25. The number of amidine groups is 1. The molecular weight excluding hydrogens is 511 g/mol. The lowest BCUT2D eigenvalue weighted by molar-refractivity contribution is -0.115. The molecule has 0 unspecified atom stereocenters. The molecule has 0 aromatic heterocycles. The number of fused-ring (bicyclic) bond motifs is 1. The van der Waals surface area contributed by atoms with Crippen molar-refractivity contribution in [3.63, 3.8) is 0 Å². The topological polar surface area (TPSA) is 50.7 Å². The molecule has 1 N–H and O–H groups in total. The SMILES string of the molecule is CCc1ccc(N=C2NC(=O)/C(=C/c3cc(Cl)c(OCc4ccc5ccccc5c4)c(Cl)c3)S2)cc1. The molecule has 180 valence electrons. The van der Waals surface area contributed by atoms with Crippen LogP contribution in [0.5, 0.6) is 5.75 Å². The van der Waals surface area contributed by atoms with Crippen LogP contribution in [0.2, 0.25) is 10.0 Å². The summed E-state index contributed by atoms with van der Waals surface area (Å²) in [6, 6.07) is 25.8. The number of nitrogens with zero attached hydrogens (tertiary/aromatic N) is 1. The lowest BCUT2D eigenvalue weighted by Crippen LogP contribution is -2.19.